The second-order valence-electron chi connectivity index (χ2n) is 6.77. The molecule has 2 aromatic rings. The molecule has 26 heavy (non-hydrogen) atoms. The number of hydrogen-bond acceptors (Lipinski definition) is 5. The molecule has 138 valence electrons. The zero-order valence-corrected chi connectivity index (χ0v) is 15.7. The fraction of sp³-hybridized carbons (Fsp3) is 0.450. The van der Waals surface area contributed by atoms with Crippen LogP contribution in [0, 0.1) is 0 Å². The van der Waals surface area contributed by atoms with Crippen molar-refractivity contribution in [2.75, 3.05) is 27.2 Å². The zero-order chi connectivity index (χ0) is 18.5. The van der Waals surface area contributed by atoms with Crippen molar-refractivity contribution in [3.63, 3.8) is 0 Å². The Kier molecular flexibility index (Phi) is 5.83. The van der Waals surface area contributed by atoms with Crippen molar-refractivity contribution in [1.29, 1.82) is 0 Å². The summed E-state index contributed by atoms with van der Waals surface area (Å²) in [6.07, 6.45) is 5.46. The van der Waals surface area contributed by atoms with Crippen LogP contribution in [-0.2, 0) is 6.54 Å². The average Bonchev–Trinajstić information content (AvgIpc) is 3.12. The average molecular weight is 354 g/mol. The van der Waals surface area contributed by atoms with E-state index in [0.717, 1.165) is 31.6 Å². The lowest BCUT2D eigenvalue weighted by molar-refractivity contribution is 0.0727. The number of nitrogens with zero attached hydrogens (tertiary/aromatic N) is 4. The number of carbonyl (C=O) groups is 1. The maximum absolute atomic E-state index is 13.1. The second kappa shape index (κ2) is 8.27. The normalized spacial score (nSPS) is 16.9. The number of aromatic nitrogens is 2. The number of likely N-dealkylation sites (tertiary alicyclic amines) is 1. The Labute approximate surface area is 154 Å². The third kappa shape index (κ3) is 4.02. The van der Waals surface area contributed by atoms with E-state index in [2.05, 4.69) is 20.9 Å². The van der Waals surface area contributed by atoms with Gasteiger partial charge in [0.15, 0.2) is 0 Å². The molecular weight excluding hydrogens is 328 g/mol. The summed E-state index contributed by atoms with van der Waals surface area (Å²) in [5.74, 6) is 0.364. The molecule has 6 nitrogen and oxygen atoms in total. The molecule has 1 atom stereocenters. The van der Waals surface area contributed by atoms with Crippen molar-refractivity contribution >= 4 is 5.91 Å². The van der Waals surface area contributed by atoms with Gasteiger partial charge < -0.3 is 14.5 Å². The largest absolute Gasteiger partial charge is 0.477 e. The van der Waals surface area contributed by atoms with Gasteiger partial charge in [0.05, 0.1) is 18.3 Å². The summed E-state index contributed by atoms with van der Waals surface area (Å²) < 4.78 is 5.53. The van der Waals surface area contributed by atoms with Gasteiger partial charge in [-0.15, -0.1) is 0 Å². The van der Waals surface area contributed by atoms with Crippen molar-refractivity contribution in [2.24, 2.45) is 0 Å². The summed E-state index contributed by atoms with van der Waals surface area (Å²) in [6.45, 7) is 3.95. The second-order valence-corrected chi connectivity index (χ2v) is 6.77. The Morgan fingerprint density at radius 2 is 2.15 bits per heavy atom. The predicted molar refractivity (Wildman–Crippen MR) is 100 cm³/mol. The van der Waals surface area contributed by atoms with Gasteiger partial charge in [0.2, 0.25) is 5.88 Å². The maximum atomic E-state index is 13.1. The first-order chi connectivity index (χ1) is 12.6. The molecule has 6 heteroatoms. The number of pyridine rings is 2. The van der Waals surface area contributed by atoms with Gasteiger partial charge in [0.1, 0.15) is 5.56 Å². The number of carbonyl (C=O) groups excluding carboxylic acids is 1. The number of ether oxygens (including phenoxy) is 1. The Balaban J connectivity index is 1.81. The van der Waals surface area contributed by atoms with Crippen LogP contribution in [0.4, 0.5) is 0 Å². The van der Waals surface area contributed by atoms with Gasteiger partial charge in [-0.05, 0) is 57.6 Å². The van der Waals surface area contributed by atoms with Gasteiger partial charge in [-0.1, -0.05) is 6.07 Å². The molecule has 3 heterocycles. The minimum absolute atomic E-state index is 0.00517. The first-order valence-electron chi connectivity index (χ1n) is 9.08. The Morgan fingerprint density at radius 1 is 1.31 bits per heavy atom. The van der Waals surface area contributed by atoms with Gasteiger partial charge in [-0.3, -0.25) is 9.78 Å². The molecular formula is C20H26N4O2. The fourth-order valence-corrected chi connectivity index (χ4v) is 3.37. The highest BCUT2D eigenvalue weighted by molar-refractivity contribution is 5.96. The van der Waals surface area contributed by atoms with Gasteiger partial charge in [-0.2, -0.15) is 0 Å². The monoisotopic (exact) mass is 354 g/mol. The van der Waals surface area contributed by atoms with Crippen LogP contribution in [0.3, 0.4) is 0 Å². The molecule has 0 bridgehead atoms. The highest BCUT2D eigenvalue weighted by Gasteiger charge is 2.33. The molecule has 1 saturated heterocycles. The van der Waals surface area contributed by atoms with Crippen molar-refractivity contribution in [1.82, 2.24) is 19.8 Å². The summed E-state index contributed by atoms with van der Waals surface area (Å²) >= 11 is 0. The number of hydrogen-bond donors (Lipinski definition) is 0. The van der Waals surface area contributed by atoms with Crippen LogP contribution < -0.4 is 4.74 Å². The molecule has 0 unspecified atom stereocenters. The summed E-state index contributed by atoms with van der Waals surface area (Å²) in [6, 6.07) is 7.70. The highest BCUT2D eigenvalue weighted by atomic mass is 16.5. The third-order valence-corrected chi connectivity index (χ3v) is 4.48. The van der Waals surface area contributed by atoms with Crippen molar-refractivity contribution in [2.45, 2.75) is 32.4 Å². The minimum atomic E-state index is -0.0387. The van der Waals surface area contributed by atoms with Gasteiger partial charge in [0, 0.05) is 25.5 Å². The molecule has 2 aromatic heterocycles. The van der Waals surface area contributed by atoms with Crippen LogP contribution in [-0.4, -0.2) is 52.9 Å². The molecule has 1 amide bonds. The van der Waals surface area contributed by atoms with Gasteiger partial charge in [-0.25, -0.2) is 4.98 Å². The van der Waals surface area contributed by atoms with Crippen molar-refractivity contribution in [3.8, 4) is 5.88 Å². The SMILES string of the molecule is CCOc1ncccc1C(=O)N1CCC[C@H]1c1ccc(CN(C)C)cn1. The minimum Gasteiger partial charge on any atom is -0.477 e. The maximum Gasteiger partial charge on any atom is 0.259 e. The van der Waals surface area contributed by atoms with E-state index < -0.39 is 0 Å². The summed E-state index contributed by atoms with van der Waals surface area (Å²) in [7, 11) is 4.07. The van der Waals surface area contributed by atoms with Crippen LogP contribution in [0.1, 0.15) is 47.4 Å². The van der Waals surface area contributed by atoms with E-state index in [1.807, 2.05) is 38.2 Å². The molecule has 0 N–H and O–H groups in total. The molecule has 0 aromatic carbocycles. The quantitative estimate of drug-likeness (QED) is 0.798. The van der Waals surface area contributed by atoms with E-state index in [4.69, 9.17) is 4.74 Å². The Bertz CT molecular complexity index is 746. The number of rotatable bonds is 6. The molecule has 0 saturated carbocycles. The molecule has 1 aliphatic heterocycles. The standard InChI is InChI=1S/C20H26N4O2/c1-4-26-19-16(7-5-11-21-19)20(25)24-12-6-8-18(24)17-10-9-15(13-22-17)14-23(2)3/h5,7,9-11,13,18H,4,6,8,12,14H2,1-3H3/t18-/m0/s1. The van der Waals surface area contributed by atoms with Crippen LogP contribution in [0.5, 0.6) is 5.88 Å². The van der Waals surface area contributed by atoms with Crippen molar-refractivity contribution in [3.05, 3.63) is 53.5 Å². The number of amides is 1. The topological polar surface area (TPSA) is 58.6 Å². The summed E-state index contributed by atoms with van der Waals surface area (Å²) in [4.78, 5) is 26.0. The van der Waals surface area contributed by atoms with Crippen molar-refractivity contribution < 1.29 is 9.53 Å². The smallest absolute Gasteiger partial charge is 0.259 e. The van der Waals surface area contributed by atoms with Crippen LogP contribution in [0.25, 0.3) is 0 Å². The van der Waals surface area contributed by atoms with E-state index in [1.165, 1.54) is 5.56 Å². The fourth-order valence-electron chi connectivity index (χ4n) is 3.37. The molecule has 3 rings (SSSR count). The predicted octanol–water partition coefficient (Wildman–Crippen LogP) is 2.91. The van der Waals surface area contributed by atoms with E-state index in [1.54, 1.807) is 18.3 Å². The first kappa shape index (κ1) is 18.3. The van der Waals surface area contributed by atoms with E-state index >= 15 is 0 Å². The van der Waals surface area contributed by atoms with Crippen LogP contribution in [0.2, 0.25) is 0 Å². The van der Waals surface area contributed by atoms with Crippen LogP contribution >= 0.6 is 0 Å². The van der Waals surface area contributed by atoms with Gasteiger partial charge in [0.25, 0.3) is 5.91 Å². The summed E-state index contributed by atoms with van der Waals surface area (Å²) in [5.41, 5.74) is 2.63. The molecule has 0 spiro atoms. The van der Waals surface area contributed by atoms with E-state index in [9.17, 15) is 4.79 Å². The lowest BCUT2D eigenvalue weighted by Gasteiger charge is -2.25. The Morgan fingerprint density at radius 3 is 2.85 bits per heavy atom. The molecule has 1 fully saturated rings. The summed E-state index contributed by atoms with van der Waals surface area (Å²) in [5, 5.41) is 0. The zero-order valence-electron chi connectivity index (χ0n) is 15.7. The lowest BCUT2D eigenvalue weighted by atomic mass is 10.1. The lowest BCUT2D eigenvalue weighted by Crippen LogP contribution is -2.31. The highest BCUT2D eigenvalue weighted by Crippen LogP contribution is 2.33. The van der Waals surface area contributed by atoms with Crippen LogP contribution in [0.15, 0.2) is 36.7 Å². The van der Waals surface area contributed by atoms with E-state index in [0.29, 0.717) is 18.1 Å². The molecule has 1 aliphatic rings. The first-order valence-corrected chi connectivity index (χ1v) is 9.08. The molecule has 0 aliphatic carbocycles. The Hall–Kier alpha value is -2.47. The van der Waals surface area contributed by atoms with E-state index in [-0.39, 0.29) is 11.9 Å². The molecule has 0 radical (unpaired) electrons. The van der Waals surface area contributed by atoms with Gasteiger partial charge >= 0.3 is 0 Å². The third-order valence-electron chi connectivity index (χ3n) is 4.48.